The lowest BCUT2D eigenvalue weighted by Gasteiger charge is -2.35. The molecule has 5 aromatic rings. The Morgan fingerprint density at radius 2 is 1.06 bits per heavy atom. The van der Waals surface area contributed by atoms with Crippen LogP contribution in [0.4, 0.5) is 22.7 Å². The maximum Gasteiger partial charge on any atom is 0.425 e. The summed E-state index contributed by atoms with van der Waals surface area (Å²) in [7, 11) is -10.4. The Labute approximate surface area is 711 Å². The molecule has 0 aromatic heterocycles. The number of carboxylic acid groups (broad SMARTS) is 2. The molecule has 9 rings (SSSR count). The van der Waals surface area contributed by atoms with Crippen LogP contribution in [0.1, 0.15) is 166 Å². The topological polar surface area (TPSA) is 304 Å². The van der Waals surface area contributed by atoms with Crippen LogP contribution in [0.15, 0.2) is 188 Å². The van der Waals surface area contributed by atoms with Crippen LogP contribution >= 0.6 is 67.8 Å². The minimum absolute atomic E-state index is 0. The third-order valence-corrected chi connectivity index (χ3v) is 23.9. The molecule has 0 spiro atoms. The number of carbonyl (C=O) groups is 2. The van der Waals surface area contributed by atoms with Gasteiger partial charge in [-0.1, -0.05) is 160 Å². The van der Waals surface area contributed by atoms with Gasteiger partial charge in [0.15, 0.2) is 17.1 Å². The highest BCUT2D eigenvalue weighted by molar-refractivity contribution is 14.1. The van der Waals surface area contributed by atoms with Crippen molar-refractivity contribution in [2.75, 3.05) is 43.6 Å². The van der Waals surface area contributed by atoms with Gasteiger partial charge in [0, 0.05) is 125 Å². The second-order valence-electron chi connectivity index (χ2n) is 28.4. The molecule has 2 N–H and O–H groups in total. The molecule has 0 aliphatic carbocycles. The molecule has 0 saturated carbocycles. The average Bonchev–Trinajstić information content (AvgIpc) is 1.56. The number of para-hydroxylation sites is 2. The minimum atomic E-state index is -4.23. The number of likely N-dealkylation sites (N-methyl/N-ethyl adjacent to an activating group) is 1. The molecule has 4 heterocycles. The summed E-state index contributed by atoms with van der Waals surface area (Å²) in [5.41, 5.74) is 15.9. The van der Waals surface area contributed by atoms with Crippen LogP contribution in [0.25, 0.3) is 0 Å². The van der Waals surface area contributed by atoms with Crippen LogP contribution in [-0.4, -0.2) is 143 Å². The summed E-state index contributed by atoms with van der Waals surface area (Å²) in [5.74, 6) is -2.67. The molecule has 596 valence electrons. The van der Waals surface area contributed by atoms with Crippen LogP contribution in [0, 0.1) is 23.6 Å². The Morgan fingerprint density at radius 3 is 1.55 bits per heavy atom. The lowest BCUT2D eigenvalue weighted by Crippen LogP contribution is -3.00. The van der Waals surface area contributed by atoms with E-state index in [-0.39, 0.29) is 58.1 Å². The summed E-state index contributed by atoms with van der Waals surface area (Å²) in [6.45, 7) is 21.0. The molecule has 3 atom stereocenters. The molecule has 110 heavy (non-hydrogen) atoms. The monoisotopic (exact) mass is 2030 g/mol. The number of benzene rings is 5. The summed E-state index contributed by atoms with van der Waals surface area (Å²) < 4.78 is 127. The number of allylic oxidation sites excluding steroid dienone is 14. The smallest absolute Gasteiger partial charge is 0.425 e. The van der Waals surface area contributed by atoms with E-state index in [4.69, 9.17) is 30.4 Å². The number of fused-ring (bicyclic) bond motifs is 4. The zero-order valence-electron chi connectivity index (χ0n) is 64.0. The standard InChI is InChI=1S/C37H44I2N2O5S.C27H31NO3S.C18H24INO2.HI.2O3S/c1-6-7-17-28(35(42)43)37(4)33(40(5)31-25-26(38)24-29(39)34(31)37)21-12-10-8-9-11-20-32-36(2,3)27-18-13-14-19-30(27)41(32)22-15-16-23-47(44,45)46;1-27(2)24-18-11-12-19-25(24)28(21-13-14-22-32(29,30)31)26(27)20-10-5-3-4-7-15-23-16-8-6-9-17-23;1-12-10-14(19)11-15-17(12)18(3,13(2)20(15)4)9-7-5-6-8-16(21)22;;2*1-4(2)3/h8-14,18-21,24-25,28H,6-7,15-17,22-23H2,1-5H3,(H-,42,43,44,45,46);3-12,16-20H,13-15,21-22H2,1-2H3;10-11H,5-9H2,1-4H3;1H;;/b;5-3+,7-4+,20-10+;;;;. The molecular weight excluding hydrogens is 1930 g/mol. The number of hydrogen-bond acceptors (Lipinski definition) is 15. The summed E-state index contributed by atoms with van der Waals surface area (Å²) in [4.78, 5) is 25.5. The second-order valence-corrected chi connectivity index (χ2v) is 35.9. The van der Waals surface area contributed by atoms with E-state index in [1.807, 2.05) is 104 Å². The first-order chi connectivity index (χ1) is 51.2. The van der Waals surface area contributed by atoms with Crippen LogP contribution in [0.5, 0.6) is 0 Å². The van der Waals surface area contributed by atoms with Gasteiger partial charge in [-0.15, -0.1) is 25.3 Å². The van der Waals surface area contributed by atoms with Gasteiger partial charge in [-0.05, 0) is 190 Å². The molecule has 4 aliphatic heterocycles. The van der Waals surface area contributed by atoms with E-state index in [1.54, 1.807) is 0 Å². The van der Waals surface area contributed by atoms with Gasteiger partial charge in [-0.3, -0.25) is 9.59 Å². The van der Waals surface area contributed by atoms with Crippen LogP contribution in [0.3, 0.4) is 0 Å². The molecule has 0 amide bonds. The molecule has 0 bridgehead atoms. The fourth-order valence-corrected chi connectivity index (χ4v) is 19.1. The molecule has 0 saturated heterocycles. The van der Waals surface area contributed by atoms with E-state index in [0.29, 0.717) is 45.2 Å². The fourth-order valence-electron chi connectivity index (χ4n) is 14.8. The van der Waals surface area contributed by atoms with Crippen LogP contribution in [-0.2, 0) is 79.1 Å². The van der Waals surface area contributed by atoms with Crippen LogP contribution < -0.4 is 28.9 Å². The first-order valence-electron chi connectivity index (χ1n) is 35.9. The number of halogens is 4. The molecule has 28 heteroatoms. The Kier molecular flexibility index (Phi) is 39.1. The summed E-state index contributed by atoms with van der Waals surface area (Å²) in [6.07, 6.45) is 35.9. The number of carboxylic acids is 2. The molecule has 5 aromatic carbocycles. The molecule has 20 nitrogen and oxygen atoms in total. The highest BCUT2D eigenvalue weighted by Crippen LogP contribution is 2.55. The molecule has 3 unspecified atom stereocenters. The molecule has 0 fully saturated rings. The van der Waals surface area contributed by atoms with Crippen LogP contribution in [0.2, 0.25) is 0 Å². The van der Waals surface area contributed by atoms with Crippen molar-refractivity contribution in [3.63, 3.8) is 0 Å². The number of unbranched alkanes of at least 4 members (excludes halogenated alkanes) is 5. The van der Waals surface area contributed by atoms with E-state index in [2.05, 4.69) is 241 Å². The quantitative estimate of drug-likeness (QED) is 0.0142. The van der Waals surface area contributed by atoms with Crippen molar-refractivity contribution >= 4 is 161 Å². The van der Waals surface area contributed by atoms with Crippen molar-refractivity contribution in [2.45, 2.75) is 167 Å². The van der Waals surface area contributed by atoms with Crippen molar-refractivity contribution in [1.29, 1.82) is 0 Å². The van der Waals surface area contributed by atoms with E-state index < -0.39 is 64.7 Å². The van der Waals surface area contributed by atoms with E-state index in [1.165, 1.54) is 48.5 Å². The van der Waals surface area contributed by atoms with E-state index >= 15 is 0 Å². The van der Waals surface area contributed by atoms with Crippen molar-refractivity contribution in [2.24, 2.45) is 5.92 Å². The predicted octanol–water partition coefficient (Wildman–Crippen LogP) is 13.4. The second kappa shape index (κ2) is 44.6. The third-order valence-electron chi connectivity index (χ3n) is 20.2. The predicted molar refractivity (Wildman–Crippen MR) is 455 cm³/mol. The number of nitrogens with zero attached hydrogens (tertiary/aromatic N) is 4. The van der Waals surface area contributed by atoms with Gasteiger partial charge in [0.1, 0.15) is 20.1 Å². The molecule has 4 aliphatic rings. The summed E-state index contributed by atoms with van der Waals surface area (Å²) in [6, 6.07) is 35.7. The van der Waals surface area contributed by atoms with Crippen molar-refractivity contribution in [1.82, 2.24) is 0 Å². The Bertz CT molecular complexity index is 4880. The van der Waals surface area contributed by atoms with Gasteiger partial charge in [-0.2, -0.15) is 9.15 Å². The first-order valence-corrected chi connectivity index (χ1v) is 44.3. The maximum atomic E-state index is 12.7. The van der Waals surface area contributed by atoms with Gasteiger partial charge in [0.2, 0.25) is 17.1 Å². The first kappa shape index (κ1) is 96.4. The van der Waals surface area contributed by atoms with Crippen molar-refractivity contribution in [3.8, 4) is 0 Å². The van der Waals surface area contributed by atoms with Gasteiger partial charge >= 0.3 is 33.2 Å². The Morgan fingerprint density at radius 1 is 0.591 bits per heavy atom. The highest BCUT2D eigenvalue weighted by Gasteiger charge is 2.52. The third kappa shape index (κ3) is 27.4. The SMILES string of the molecule is CC1(C)C(/C=C/C=C/C=C/Cc2ccccc2)=[N+](CCCCS(=O)(=O)[O-])c2ccccc21.CC1=[N+](C)c2cc(I)cc(C)c2C1(C)CCCCCC(=O)O.CCCCC(C(=O)O)C1(C)/C(=C/C=C/C=C/C=C/C2=[N+](CCCCS(=O)(=O)[O-])c3ccccc3C2(C)C)N(C)c2cc(I)cc(I)c21.O=S(=O)=O.O=S(=O)=O.[I-]. The number of rotatable bonds is 30. The van der Waals surface area contributed by atoms with Gasteiger partial charge in [0.25, 0.3) is 0 Å². The van der Waals surface area contributed by atoms with Gasteiger partial charge < -0.3 is 48.2 Å². The number of hydrogen-bond donors (Lipinski definition) is 2. The lowest BCUT2D eigenvalue weighted by atomic mass is 9.69. The van der Waals surface area contributed by atoms with Gasteiger partial charge in [0.05, 0.1) is 42.4 Å². The largest absolute Gasteiger partial charge is 1.00 e. The number of aliphatic carboxylic acids is 2. The zero-order valence-corrected chi connectivity index (χ0v) is 75.9. The summed E-state index contributed by atoms with van der Waals surface area (Å²) in [5, 5.41) is 19.2. The van der Waals surface area contributed by atoms with E-state index in [9.17, 15) is 40.6 Å². The maximum absolute atomic E-state index is 12.7. The highest BCUT2D eigenvalue weighted by atomic mass is 127. The number of aryl methyl sites for hydroxylation is 1. The molecular formula is C82H100I4N4O16S4. The Hall–Kier alpha value is -5.99. The fraction of sp³-hybridized carbons (Fsp3) is 0.402. The minimum Gasteiger partial charge on any atom is -1.00 e. The number of anilines is 1. The normalized spacial score (nSPS) is 18.0. The van der Waals surface area contributed by atoms with Crippen molar-refractivity contribution < 1.29 is 109 Å². The molecule has 0 radical (unpaired) electrons. The average molecular weight is 2030 g/mol. The van der Waals surface area contributed by atoms with Gasteiger partial charge in [-0.25, -0.2) is 21.4 Å². The lowest BCUT2D eigenvalue weighted by molar-refractivity contribution is -0.438. The zero-order chi connectivity index (χ0) is 81.2. The van der Waals surface area contributed by atoms with E-state index in [0.717, 1.165) is 86.1 Å². The van der Waals surface area contributed by atoms with Crippen molar-refractivity contribution in [3.05, 3.63) is 232 Å². The summed E-state index contributed by atoms with van der Waals surface area (Å²) >= 11 is 7.06. The Balaban J connectivity index is 0.000000350.